The first-order valence-electron chi connectivity index (χ1n) is 7.11. The molecule has 2 heterocycles. The van der Waals surface area contributed by atoms with Crippen molar-refractivity contribution in [2.75, 3.05) is 0 Å². The summed E-state index contributed by atoms with van der Waals surface area (Å²) in [5.74, 6) is 1.67. The van der Waals surface area contributed by atoms with Crippen LogP contribution in [-0.2, 0) is 6.42 Å². The standard InChI is InChI=1S/C15H18N4O2/c1-3-12(20)9(2)15-18-14(19-21-15)8-13-16-10-6-4-5-7-11(10)17-13/h4-7,9,12,20H,3,8H2,1-2H3,(H,16,17). The minimum Gasteiger partial charge on any atom is -0.392 e. The Balaban J connectivity index is 1.77. The lowest BCUT2D eigenvalue weighted by atomic mass is 10.0. The quantitative estimate of drug-likeness (QED) is 0.752. The molecule has 0 aliphatic carbocycles. The minimum absolute atomic E-state index is 0.160. The molecule has 110 valence electrons. The lowest BCUT2D eigenvalue weighted by Crippen LogP contribution is -2.14. The molecular formula is C15H18N4O2. The van der Waals surface area contributed by atoms with E-state index in [1.165, 1.54) is 0 Å². The van der Waals surface area contributed by atoms with E-state index in [2.05, 4.69) is 20.1 Å². The van der Waals surface area contributed by atoms with Crippen molar-refractivity contribution < 1.29 is 9.63 Å². The molecule has 6 nitrogen and oxygen atoms in total. The Hall–Kier alpha value is -2.21. The number of aromatic nitrogens is 4. The Morgan fingerprint density at radius 1 is 1.29 bits per heavy atom. The third-order valence-corrected chi connectivity index (χ3v) is 3.63. The smallest absolute Gasteiger partial charge is 0.232 e. The van der Waals surface area contributed by atoms with Gasteiger partial charge in [-0.3, -0.25) is 0 Å². The molecule has 0 radical (unpaired) electrons. The van der Waals surface area contributed by atoms with E-state index in [-0.39, 0.29) is 5.92 Å². The van der Waals surface area contributed by atoms with Gasteiger partial charge >= 0.3 is 0 Å². The molecule has 0 aliphatic rings. The lowest BCUT2D eigenvalue weighted by Gasteiger charge is -2.11. The van der Waals surface area contributed by atoms with E-state index >= 15 is 0 Å². The Morgan fingerprint density at radius 2 is 2.10 bits per heavy atom. The fraction of sp³-hybridized carbons (Fsp3) is 0.400. The number of hydrogen-bond acceptors (Lipinski definition) is 5. The summed E-state index contributed by atoms with van der Waals surface area (Å²) in [6.07, 6.45) is 0.666. The Bertz CT molecular complexity index is 701. The van der Waals surface area contributed by atoms with Crippen molar-refractivity contribution in [3.63, 3.8) is 0 Å². The molecule has 21 heavy (non-hydrogen) atoms. The van der Waals surface area contributed by atoms with Crippen molar-refractivity contribution in [2.24, 2.45) is 0 Å². The van der Waals surface area contributed by atoms with Gasteiger partial charge in [0.05, 0.1) is 29.5 Å². The third kappa shape index (κ3) is 2.80. The van der Waals surface area contributed by atoms with Crippen molar-refractivity contribution in [2.45, 2.75) is 38.7 Å². The van der Waals surface area contributed by atoms with Crippen molar-refractivity contribution >= 4 is 11.0 Å². The number of nitrogens with zero attached hydrogens (tertiary/aromatic N) is 3. The number of rotatable bonds is 5. The molecule has 0 amide bonds. The zero-order chi connectivity index (χ0) is 14.8. The highest BCUT2D eigenvalue weighted by Gasteiger charge is 2.21. The zero-order valence-electron chi connectivity index (χ0n) is 12.1. The molecule has 6 heteroatoms. The summed E-state index contributed by atoms with van der Waals surface area (Å²) in [7, 11) is 0. The van der Waals surface area contributed by atoms with E-state index in [1.807, 2.05) is 38.1 Å². The molecule has 0 aliphatic heterocycles. The van der Waals surface area contributed by atoms with E-state index < -0.39 is 6.10 Å². The maximum Gasteiger partial charge on any atom is 0.232 e. The van der Waals surface area contributed by atoms with Crippen LogP contribution in [-0.4, -0.2) is 31.3 Å². The van der Waals surface area contributed by atoms with Crippen LogP contribution in [0.5, 0.6) is 0 Å². The van der Waals surface area contributed by atoms with Crippen molar-refractivity contribution in [1.82, 2.24) is 20.1 Å². The highest BCUT2D eigenvalue weighted by molar-refractivity contribution is 5.74. The molecular weight excluding hydrogens is 268 g/mol. The first-order valence-corrected chi connectivity index (χ1v) is 7.11. The fourth-order valence-corrected chi connectivity index (χ4v) is 2.28. The van der Waals surface area contributed by atoms with E-state index in [0.29, 0.717) is 24.6 Å². The Labute approximate surface area is 122 Å². The number of aromatic amines is 1. The number of fused-ring (bicyclic) bond motifs is 1. The summed E-state index contributed by atoms with van der Waals surface area (Å²) in [4.78, 5) is 12.1. The summed E-state index contributed by atoms with van der Waals surface area (Å²) in [6, 6.07) is 7.85. The van der Waals surface area contributed by atoms with E-state index in [4.69, 9.17) is 4.52 Å². The average molecular weight is 286 g/mol. The number of aliphatic hydroxyl groups is 1. The maximum atomic E-state index is 9.83. The highest BCUT2D eigenvalue weighted by atomic mass is 16.5. The van der Waals surface area contributed by atoms with Crippen LogP contribution in [0.4, 0.5) is 0 Å². The Morgan fingerprint density at radius 3 is 2.86 bits per heavy atom. The van der Waals surface area contributed by atoms with Gasteiger partial charge in [-0.05, 0) is 18.6 Å². The van der Waals surface area contributed by atoms with Gasteiger partial charge in [-0.2, -0.15) is 4.98 Å². The number of nitrogens with one attached hydrogen (secondary N) is 1. The molecule has 2 atom stereocenters. The average Bonchev–Trinajstić information content (AvgIpc) is 3.12. The van der Waals surface area contributed by atoms with Gasteiger partial charge in [0.2, 0.25) is 5.89 Å². The minimum atomic E-state index is -0.468. The molecule has 2 N–H and O–H groups in total. The van der Waals surface area contributed by atoms with Gasteiger partial charge in [-0.15, -0.1) is 0 Å². The number of benzene rings is 1. The number of para-hydroxylation sites is 2. The van der Waals surface area contributed by atoms with Crippen molar-refractivity contribution in [3.8, 4) is 0 Å². The molecule has 0 saturated carbocycles. The Kier molecular flexibility index (Phi) is 3.70. The van der Waals surface area contributed by atoms with E-state index in [0.717, 1.165) is 16.9 Å². The predicted octanol–water partition coefficient (Wildman–Crippen LogP) is 2.41. The maximum absolute atomic E-state index is 9.83. The first-order chi connectivity index (χ1) is 10.2. The molecule has 3 aromatic rings. The highest BCUT2D eigenvalue weighted by Crippen LogP contribution is 2.20. The summed E-state index contributed by atoms with van der Waals surface area (Å²) >= 11 is 0. The molecule has 0 bridgehead atoms. The van der Waals surface area contributed by atoms with Crippen molar-refractivity contribution in [1.29, 1.82) is 0 Å². The van der Waals surface area contributed by atoms with Gasteiger partial charge in [-0.25, -0.2) is 4.98 Å². The van der Waals surface area contributed by atoms with Crippen LogP contribution in [0.25, 0.3) is 11.0 Å². The lowest BCUT2D eigenvalue weighted by molar-refractivity contribution is 0.129. The molecule has 0 spiro atoms. The molecule has 2 unspecified atom stereocenters. The van der Waals surface area contributed by atoms with Crippen LogP contribution >= 0.6 is 0 Å². The van der Waals surface area contributed by atoms with Gasteiger partial charge in [0.15, 0.2) is 5.82 Å². The first kappa shape index (κ1) is 13.8. The predicted molar refractivity (Wildman–Crippen MR) is 77.9 cm³/mol. The van der Waals surface area contributed by atoms with Crippen LogP contribution in [0.2, 0.25) is 0 Å². The second-order valence-electron chi connectivity index (χ2n) is 5.19. The van der Waals surface area contributed by atoms with Crippen LogP contribution in [0, 0.1) is 0 Å². The van der Waals surface area contributed by atoms with Gasteiger partial charge < -0.3 is 14.6 Å². The van der Waals surface area contributed by atoms with Crippen LogP contribution in [0.15, 0.2) is 28.8 Å². The van der Waals surface area contributed by atoms with Crippen LogP contribution in [0.1, 0.15) is 43.7 Å². The number of hydrogen-bond donors (Lipinski definition) is 2. The summed E-state index contributed by atoms with van der Waals surface area (Å²) < 4.78 is 5.23. The molecule has 1 aromatic carbocycles. The monoisotopic (exact) mass is 286 g/mol. The molecule has 3 rings (SSSR count). The zero-order valence-corrected chi connectivity index (χ0v) is 12.1. The van der Waals surface area contributed by atoms with E-state index in [1.54, 1.807) is 0 Å². The van der Waals surface area contributed by atoms with E-state index in [9.17, 15) is 5.11 Å². The van der Waals surface area contributed by atoms with Crippen LogP contribution < -0.4 is 0 Å². The molecule has 0 saturated heterocycles. The van der Waals surface area contributed by atoms with Gasteiger partial charge in [0, 0.05) is 0 Å². The van der Waals surface area contributed by atoms with Crippen LogP contribution in [0.3, 0.4) is 0 Å². The molecule has 0 fully saturated rings. The third-order valence-electron chi connectivity index (χ3n) is 3.63. The summed E-state index contributed by atoms with van der Waals surface area (Å²) in [6.45, 7) is 3.81. The topological polar surface area (TPSA) is 87.8 Å². The summed E-state index contributed by atoms with van der Waals surface area (Å²) in [5.41, 5.74) is 1.91. The van der Waals surface area contributed by atoms with Crippen molar-refractivity contribution in [3.05, 3.63) is 41.8 Å². The summed E-state index contributed by atoms with van der Waals surface area (Å²) in [5, 5.41) is 13.8. The SMILES string of the molecule is CCC(O)C(C)c1nc(Cc2nc3ccccc3[nH]2)no1. The number of aliphatic hydroxyl groups excluding tert-OH is 1. The number of imidazole rings is 1. The normalized spacial score (nSPS) is 14.4. The van der Waals surface area contributed by atoms with Gasteiger partial charge in [0.1, 0.15) is 5.82 Å². The largest absolute Gasteiger partial charge is 0.392 e. The number of H-pyrrole nitrogens is 1. The second kappa shape index (κ2) is 5.65. The second-order valence-corrected chi connectivity index (χ2v) is 5.19. The molecule has 2 aromatic heterocycles. The van der Waals surface area contributed by atoms with Gasteiger partial charge in [0.25, 0.3) is 0 Å². The fourth-order valence-electron chi connectivity index (χ4n) is 2.28. The van der Waals surface area contributed by atoms with Gasteiger partial charge in [-0.1, -0.05) is 31.1 Å².